The third kappa shape index (κ3) is 2.07. The van der Waals surface area contributed by atoms with E-state index in [1.807, 2.05) is 19.1 Å². The fourth-order valence-electron chi connectivity index (χ4n) is 1.53. The maximum absolute atomic E-state index is 5.33. The maximum Gasteiger partial charge on any atom is 0.126 e. The van der Waals surface area contributed by atoms with Crippen LogP contribution in [0.3, 0.4) is 0 Å². The van der Waals surface area contributed by atoms with Gasteiger partial charge in [-0.15, -0.1) is 0 Å². The van der Waals surface area contributed by atoms with Crippen molar-refractivity contribution in [2.45, 2.75) is 6.92 Å². The first kappa shape index (κ1) is 11.1. The van der Waals surface area contributed by atoms with Crippen LogP contribution in [0.2, 0.25) is 0 Å². The van der Waals surface area contributed by atoms with Gasteiger partial charge in [0.1, 0.15) is 16.7 Å². The van der Waals surface area contributed by atoms with E-state index in [2.05, 4.69) is 32.0 Å². The molecule has 82 valence electrons. The third-order valence-electron chi connectivity index (χ3n) is 2.31. The Morgan fingerprint density at radius 2 is 2.06 bits per heavy atom. The summed E-state index contributed by atoms with van der Waals surface area (Å²) < 4.78 is 6.10. The molecule has 1 heterocycles. The zero-order valence-electron chi connectivity index (χ0n) is 9.07. The predicted molar refractivity (Wildman–Crippen MR) is 66.5 cm³/mol. The molecular formula is C12H11BrN2O. The number of benzene rings is 1. The van der Waals surface area contributed by atoms with Crippen molar-refractivity contribution in [2.75, 3.05) is 7.11 Å². The Kier molecular flexibility index (Phi) is 3.19. The molecular weight excluding hydrogens is 268 g/mol. The molecule has 0 unspecified atom stereocenters. The fraction of sp³-hybridized carbons (Fsp3) is 0.167. The van der Waals surface area contributed by atoms with E-state index in [1.54, 1.807) is 13.3 Å². The van der Waals surface area contributed by atoms with E-state index < -0.39 is 0 Å². The van der Waals surface area contributed by atoms with E-state index >= 15 is 0 Å². The second-order valence-corrected chi connectivity index (χ2v) is 4.18. The van der Waals surface area contributed by atoms with Crippen molar-refractivity contribution in [3.8, 4) is 16.9 Å². The van der Waals surface area contributed by atoms with Gasteiger partial charge in [0.05, 0.1) is 7.11 Å². The molecule has 3 nitrogen and oxygen atoms in total. The molecule has 0 aliphatic carbocycles. The smallest absolute Gasteiger partial charge is 0.126 e. The lowest BCUT2D eigenvalue weighted by Crippen LogP contribution is -1.91. The molecule has 16 heavy (non-hydrogen) atoms. The Morgan fingerprint density at radius 3 is 2.75 bits per heavy atom. The molecule has 1 aromatic carbocycles. The van der Waals surface area contributed by atoms with Gasteiger partial charge in [-0.2, -0.15) is 0 Å². The SMILES string of the molecule is COc1ccc(C)cc1-c1cncnc1Br. The molecule has 0 aliphatic heterocycles. The first-order valence-electron chi connectivity index (χ1n) is 4.83. The average molecular weight is 279 g/mol. The van der Waals surface area contributed by atoms with Gasteiger partial charge >= 0.3 is 0 Å². The number of nitrogens with zero attached hydrogens (tertiary/aromatic N) is 2. The van der Waals surface area contributed by atoms with Gasteiger partial charge in [0.2, 0.25) is 0 Å². The summed E-state index contributed by atoms with van der Waals surface area (Å²) in [7, 11) is 1.66. The summed E-state index contributed by atoms with van der Waals surface area (Å²) in [5, 5.41) is 0. The molecule has 1 aromatic heterocycles. The van der Waals surface area contributed by atoms with Crippen molar-refractivity contribution in [2.24, 2.45) is 0 Å². The molecule has 2 rings (SSSR count). The Hall–Kier alpha value is -1.42. The van der Waals surface area contributed by atoms with Crippen molar-refractivity contribution in [1.29, 1.82) is 0 Å². The Morgan fingerprint density at radius 1 is 1.25 bits per heavy atom. The number of hydrogen-bond acceptors (Lipinski definition) is 3. The molecule has 4 heteroatoms. The van der Waals surface area contributed by atoms with Gasteiger partial charge in [-0.25, -0.2) is 9.97 Å². The van der Waals surface area contributed by atoms with Gasteiger partial charge in [-0.3, -0.25) is 0 Å². The number of methoxy groups -OCH3 is 1. The van der Waals surface area contributed by atoms with Crippen LogP contribution in [-0.4, -0.2) is 17.1 Å². The Labute approximate surface area is 103 Å². The summed E-state index contributed by atoms with van der Waals surface area (Å²) in [6.07, 6.45) is 3.28. The molecule has 0 N–H and O–H groups in total. The maximum atomic E-state index is 5.33. The van der Waals surface area contributed by atoms with Crippen LogP contribution in [-0.2, 0) is 0 Å². The van der Waals surface area contributed by atoms with Gasteiger partial charge < -0.3 is 4.74 Å². The normalized spacial score (nSPS) is 10.2. The fourth-order valence-corrected chi connectivity index (χ4v) is 1.94. The van der Waals surface area contributed by atoms with E-state index in [0.717, 1.165) is 21.5 Å². The number of rotatable bonds is 2. The van der Waals surface area contributed by atoms with E-state index in [9.17, 15) is 0 Å². The molecule has 2 aromatic rings. The molecule has 0 atom stereocenters. The topological polar surface area (TPSA) is 35.0 Å². The van der Waals surface area contributed by atoms with Crippen LogP contribution in [0.25, 0.3) is 11.1 Å². The number of halogens is 1. The summed E-state index contributed by atoms with van der Waals surface area (Å²) in [5.41, 5.74) is 3.10. The first-order chi connectivity index (χ1) is 7.72. The van der Waals surface area contributed by atoms with Gasteiger partial charge in [0.25, 0.3) is 0 Å². The molecule has 0 amide bonds. The lowest BCUT2D eigenvalue weighted by atomic mass is 10.1. The molecule has 0 fully saturated rings. The van der Waals surface area contributed by atoms with E-state index in [0.29, 0.717) is 0 Å². The molecule has 0 radical (unpaired) electrons. The highest BCUT2D eigenvalue weighted by Gasteiger charge is 2.10. The minimum Gasteiger partial charge on any atom is -0.496 e. The van der Waals surface area contributed by atoms with Crippen LogP contribution in [0.4, 0.5) is 0 Å². The summed E-state index contributed by atoms with van der Waals surface area (Å²) in [6.45, 7) is 2.04. The number of aromatic nitrogens is 2. The average Bonchev–Trinajstić information content (AvgIpc) is 2.29. The van der Waals surface area contributed by atoms with E-state index in [1.165, 1.54) is 11.9 Å². The molecule has 0 saturated heterocycles. The van der Waals surface area contributed by atoms with E-state index in [-0.39, 0.29) is 0 Å². The molecule has 0 saturated carbocycles. The third-order valence-corrected chi connectivity index (χ3v) is 2.94. The van der Waals surface area contributed by atoms with Gasteiger partial charge in [-0.05, 0) is 35.0 Å². The van der Waals surface area contributed by atoms with E-state index in [4.69, 9.17) is 4.74 Å². The predicted octanol–water partition coefficient (Wildman–Crippen LogP) is 3.22. The summed E-state index contributed by atoms with van der Waals surface area (Å²) >= 11 is 3.41. The minimum atomic E-state index is 0.770. The second-order valence-electron chi connectivity index (χ2n) is 3.43. The summed E-state index contributed by atoms with van der Waals surface area (Å²) in [4.78, 5) is 8.14. The van der Waals surface area contributed by atoms with Crippen molar-refractivity contribution in [3.63, 3.8) is 0 Å². The van der Waals surface area contributed by atoms with Gasteiger partial charge in [0, 0.05) is 17.3 Å². The number of ether oxygens (including phenoxy) is 1. The summed E-state index contributed by atoms with van der Waals surface area (Å²) in [6, 6.07) is 6.02. The highest BCUT2D eigenvalue weighted by Crippen LogP contribution is 2.33. The first-order valence-corrected chi connectivity index (χ1v) is 5.62. The quantitative estimate of drug-likeness (QED) is 0.792. The van der Waals surface area contributed by atoms with Gasteiger partial charge in [-0.1, -0.05) is 11.6 Å². The minimum absolute atomic E-state index is 0.770. The zero-order chi connectivity index (χ0) is 11.5. The van der Waals surface area contributed by atoms with Gasteiger partial charge in [0.15, 0.2) is 0 Å². The zero-order valence-corrected chi connectivity index (χ0v) is 10.7. The van der Waals surface area contributed by atoms with Crippen molar-refractivity contribution in [1.82, 2.24) is 9.97 Å². The van der Waals surface area contributed by atoms with Crippen LogP contribution in [0, 0.1) is 6.92 Å². The summed E-state index contributed by atoms with van der Waals surface area (Å²) in [5.74, 6) is 0.820. The van der Waals surface area contributed by atoms with Crippen LogP contribution < -0.4 is 4.74 Å². The lowest BCUT2D eigenvalue weighted by Gasteiger charge is -2.10. The van der Waals surface area contributed by atoms with Crippen molar-refractivity contribution < 1.29 is 4.74 Å². The highest BCUT2D eigenvalue weighted by atomic mass is 79.9. The highest BCUT2D eigenvalue weighted by molar-refractivity contribution is 9.10. The second kappa shape index (κ2) is 4.61. The molecule has 0 aliphatic rings. The largest absolute Gasteiger partial charge is 0.496 e. The Balaban J connectivity index is 2.63. The Bertz CT molecular complexity index is 514. The number of aryl methyl sites for hydroxylation is 1. The van der Waals surface area contributed by atoms with Crippen LogP contribution in [0.5, 0.6) is 5.75 Å². The molecule has 0 bridgehead atoms. The van der Waals surface area contributed by atoms with Crippen LogP contribution in [0.1, 0.15) is 5.56 Å². The number of hydrogen-bond donors (Lipinski definition) is 0. The van der Waals surface area contributed by atoms with Crippen LogP contribution in [0.15, 0.2) is 35.3 Å². The lowest BCUT2D eigenvalue weighted by molar-refractivity contribution is 0.416. The molecule has 0 spiro atoms. The van der Waals surface area contributed by atoms with Crippen molar-refractivity contribution in [3.05, 3.63) is 40.9 Å². The monoisotopic (exact) mass is 278 g/mol. The van der Waals surface area contributed by atoms with Crippen molar-refractivity contribution >= 4 is 15.9 Å². The standard InChI is InChI=1S/C12H11BrN2O/c1-8-3-4-11(16-2)9(5-8)10-6-14-7-15-12(10)13/h3-7H,1-2H3. The van der Waals surface area contributed by atoms with Crippen LogP contribution >= 0.6 is 15.9 Å².